The zero-order valence-electron chi connectivity index (χ0n) is 14.5. The maximum absolute atomic E-state index is 5.44. The van der Waals surface area contributed by atoms with E-state index in [1.165, 1.54) is 10.8 Å². The number of methoxy groups -OCH3 is 2. The molecule has 0 saturated carbocycles. The first-order valence-electron chi connectivity index (χ1n) is 8.23. The number of pyridine rings is 1. The smallest absolute Gasteiger partial charge is 0.162 e. The van der Waals surface area contributed by atoms with Crippen LogP contribution in [-0.4, -0.2) is 19.2 Å². The van der Waals surface area contributed by atoms with Crippen molar-refractivity contribution in [2.24, 2.45) is 0 Å². The molecule has 4 aromatic rings. The molecule has 3 heteroatoms. The van der Waals surface area contributed by atoms with Gasteiger partial charge in [-0.15, -0.1) is 0 Å². The predicted molar refractivity (Wildman–Crippen MR) is 103 cm³/mol. The number of aryl methyl sites for hydroxylation is 1. The first kappa shape index (κ1) is 15.5. The highest BCUT2D eigenvalue weighted by molar-refractivity contribution is 5.97. The van der Waals surface area contributed by atoms with Crippen molar-refractivity contribution in [3.05, 3.63) is 66.2 Å². The van der Waals surface area contributed by atoms with Crippen LogP contribution in [0.3, 0.4) is 0 Å². The van der Waals surface area contributed by atoms with E-state index in [-0.39, 0.29) is 0 Å². The lowest BCUT2D eigenvalue weighted by molar-refractivity contribution is 0.356. The van der Waals surface area contributed by atoms with Crippen LogP contribution in [0.5, 0.6) is 11.5 Å². The highest BCUT2D eigenvalue weighted by Crippen LogP contribution is 2.35. The van der Waals surface area contributed by atoms with Gasteiger partial charge in [0.1, 0.15) is 0 Å². The van der Waals surface area contributed by atoms with Gasteiger partial charge in [-0.3, -0.25) is 0 Å². The molecule has 124 valence electrons. The van der Waals surface area contributed by atoms with Gasteiger partial charge in [0.25, 0.3) is 0 Å². The Kier molecular flexibility index (Phi) is 3.77. The van der Waals surface area contributed by atoms with E-state index in [2.05, 4.69) is 55.5 Å². The average Bonchev–Trinajstić information content (AvgIpc) is 2.66. The Bertz CT molecular complexity index is 1080. The molecule has 0 aliphatic rings. The van der Waals surface area contributed by atoms with E-state index >= 15 is 0 Å². The molecule has 0 aliphatic heterocycles. The fourth-order valence-corrected chi connectivity index (χ4v) is 3.31. The molecule has 0 radical (unpaired) electrons. The van der Waals surface area contributed by atoms with E-state index in [1.807, 2.05) is 12.1 Å². The Morgan fingerprint density at radius 1 is 0.760 bits per heavy atom. The summed E-state index contributed by atoms with van der Waals surface area (Å²) in [5.74, 6) is 1.41. The van der Waals surface area contributed by atoms with Crippen molar-refractivity contribution in [1.29, 1.82) is 0 Å². The van der Waals surface area contributed by atoms with Crippen molar-refractivity contribution >= 4 is 21.7 Å². The number of fused-ring (bicyclic) bond motifs is 2. The van der Waals surface area contributed by atoms with E-state index < -0.39 is 0 Å². The molecule has 0 spiro atoms. The van der Waals surface area contributed by atoms with Crippen molar-refractivity contribution in [1.82, 2.24) is 4.98 Å². The molecule has 25 heavy (non-hydrogen) atoms. The second-order valence-corrected chi connectivity index (χ2v) is 6.08. The molecule has 0 fully saturated rings. The highest BCUT2D eigenvalue weighted by atomic mass is 16.5. The van der Waals surface area contributed by atoms with Gasteiger partial charge < -0.3 is 9.47 Å². The zero-order chi connectivity index (χ0) is 17.4. The number of aromatic nitrogens is 1. The zero-order valence-corrected chi connectivity index (χ0v) is 14.5. The fraction of sp³-hybridized carbons (Fsp3) is 0.136. The Morgan fingerprint density at radius 3 is 2.28 bits per heavy atom. The summed E-state index contributed by atoms with van der Waals surface area (Å²) in [6.45, 7) is 2.10. The third kappa shape index (κ3) is 2.58. The van der Waals surface area contributed by atoms with Crippen LogP contribution in [0, 0.1) is 6.92 Å². The van der Waals surface area contributed by atoms with E-state index in [9.17, 15) is 0 Å². The van der Waals surface area contributed by atoms with Crippen LogP contribution in [0.1, 0.15) is 5.56 Å². The van der Waals surface area contributed by atoms with Gasteiger partial charge in [-0.1, -0.05) is 42.5 Å². The molecular formula is C22H19NO2. The van der Waals surface area contributed by atoms with Gasteiger partial charge in [-0.2, -0.15) is 0 Å². The van der Waals surface area contributed by atoms with E-state index in [4.69, 9.17) is 14.5 Å². The van der Waals surface area contributed by atoms with Crippen molar-refractivity contribution < 1.29 is 9.47 Å². The molecule has 0 unspecified atom stereocenters. The van der Waals surface area contributed by atoms with E-state index in [0.29, 0.717) is 5.75 Å². The molecular weight excluding hydrogens is 310 g/mol. The molecule has 4 rings (SSSR count). The third-order valence-electron chi connectivity index (χ3n) is 4.59. The van der Waals surface area contributed by atoms with Crippen LogP contribution in [-0.2, 0) is 0 Å². The van der Waals surface area contributed by atoms with Crippen molar-refractivity contribution in [3.63, 3.8) is 0 Å². The van der Waals surface area contributed by atoms with Crippen LogP contribution in [0.15, 0.2) is 60.7 Å². The molecule has 1 aromatic heterocycles. The maximum atomic E-state index is 5.44. The lowest BCUT2D eigenvalue weighted by atomic mass is 9.99. The topological polar surface area (TPSA) is 31.4 Å². The second kappa shape index (κ2) is 6.10. The summed E-state index contributed by atoms with van der Waals surface area (Å²) < 4.78 is 10.9. The summed E-state index contributed by atoms with van der Waals surface area (Å²) in [6.07, 6.45) is 0. The SMILES string of the molecule is COc1cc2nc(-c3cccc4ccccc34)cc(C)c2cc1OC. The van der Waals surface area contributed by atoms with Gasteiger partial charge in [-0.25, -0.2) is 4.98 Å². The van der Waals surface area contributed by atoms with Crippen molar-refractivity contribution in [2.45, 2.75) is 6.92 Å². The summed E-state index contributed by atoms with van der Waals surface area (Å²) in [5.41, 5.74) is 4.17. The standard InChI is InChI=1S/C22H19NO2/c1-14-11-19(17-10-6-8-15-7-4-5-9-16(15)17)23-20-13-22(25-3)21(24-2)12-18(14)20/h4-13H,1-3H3. The lowest BCUT2D eigenvalue weighted by Crippen LogP contribution is -1.94. The molecule has 0 aliphatic carbocycles. The summed E-state index contributed by atoms with van der Waals surface area (Å²) >= 11 is 0. The maximum Gasteiger partial charge on any atom is 0.162 e. The highest BCUT2D eigenvalue weighted by Gasteiger charge is 2.12. The van der Waals surface area contributed by atoms with Gasteiger partial charge in [0.2, 0.25) is 0 Å². The largest absolute Gasteiger partial charge is 0.493 e. The van der Waals surface area contributed by atoms with Crippen LogP contribution in [0.25, 0.3) is 32.9 Å². The minimum absolute atomic E-state index is 0.692. The predicted octanol–water partition coefficient (Wildman–Crippen LogP) is 5.38. The Labute approximate surface area is 146 Å². The van der Waals surface area contributed by atoms with Crippen LogP contribution >= 0.6 is 0 Å². The molecule has 3 nitrogen and oxygen atoms in total. The van der Waals surface area contributed by atoms with Gasteiger partial charge >= 0.3 is 0 Å². The fourth-order valence-electron chi connectivity index (χ4n) is 3.31. The van der Waals surface area contributed by atoms with Crippen LogP contribution in [0.4, 0.5) is 0 Å². The quantitative estimate of drug-likeness (QED) is 0.505. The molecule has 0 amide bonds. The number of hydrogen-bond donors (Lipinski definition) is 0. The van der Waals surface area contributed by atoms with Crippen LogP contribution in [0.2, 0.25) is 0 Å². The summed E-state index contributed by atoms with van der Waals surface area (Å²) in [4.78, 5) is 4.90. The number of nitrogens with zero attached hydrogens (tertiary/aromatic N) is 1. The molecule has 0 bridgehead atoms. The van der Waals surface area contributed by atoms with Crippen molar-refractivity contribution in [2.75, 3.05) is 14.2 Å². The summed E-state index contributed by atoms with van der Waals surface area (Å²) in [5, 5.41) is 3.49. The summed E-state index contributed by atoms with van der Waals surface area (Å²) in [6, 6.07) is 20.8. The Hall–Kier alpha value is -3.07. The van der Waals surface area contributed by atoms with Gasteiger partial charge in [0.05, 0.1) is 25.4 Å². The first-order chi connectivity index (χ1) is 12.2. The summed E-state index contributed by atoms with van der Waals surface area (Å²) in [7, 11) is 3.29. The normalized spacial score (nSPS) is 11.0. The van der Waals surface area contributed by atoms with Gasteiger partial charge in [0, 0.05) is 17.0 Å². The van der Waals surface area contributed by atoms with Gasteiger partial charge in [0.15, 0.2) is 11.5 Å². The number of hydrogen-bond acceptors (Lipinski definition) is 3. The van der Waals surface area contributed by atoms with Crippen molar-refractivity contribution in [3.8, 4) is 22.8 Å². The minimum atomic E-state index is 0.692. The van der Waals surface area contributed by atoms with Crippen LogP contribution < -0.4 is 9.47 Å². The van der Waals surface area contributed by atoms with Gasteiger partial charge in [-0.05, 0) is 35.4 Å². The second-order valence-electron chi connectivity index (χ2n) is 6.08. The molecule has 0 saturated heterocycles. The molecule has 1 heterocycles. The number of ether oxygens (including phenoxy) is 2. The Morgan fingerprint density at radius 2 is 1.48 bits per heavy atom. The number of rotatable bonds is 3. The third-order valence-corrected chi connectivity index (χ3v) is 4.59. The minimum Gasteiger partial charge on any atom is -0.493 e. The molecule has 0 N–H and O–H groups in total. The lowest BCUT2D eigenvalue weighted by Gasteiger charge is -2.13. The van der Waals surface area contributed by atoms with E-state index in [0.717, 1.165) is 33.5 Å². The molecule has 3 aromatic carbocycles. The molecule has 0 atom stereocenters. The number of benzene rings is 3. The first-order valence-corrected chi connectivity index (χ1v) is 8.23. The monoisotopic (exact) mass is 329 g/mol. The average molecular weight is 329 g/mol. The van der Waals surface area contributed by atoms with E-state index in [1.54, 1.807) is 14.2 Å². The Balaban J connectivity index is 1.99.